The van der Waals surface area contributed by atoms with Gasteiger partial charge in [0.15, 0.2) is 6.10 Å². The Morgan fingerprint density at radius 3 is 2.83 bits per heavy atom. The lowest BCUT2D eigenvalue weighted by atomic mass is 10.2. The molecule has 1 atom stereocenters. The summed E-state index contributed by atoms with van der Waals surface area (Å²) in [5.41, 5.74) is 1.13. The monoisotopic (exact) mass is 249 g/mol. The minimum absolute atomic E-state index is 0.0485. The first kappa shape index (κ1) is 14.6. The van der Waals surface area contributed by atoms with Crippen molar-refractivity contribution >= 4 is 5.91 Å². The molecule has 1 amide bonds. The van der Waals surface area contributed by atoms with E-state index in [-0.39, 0.29) is 5.91 Å². The molecule has 0 aliphatic carbocycles. The number of amides is 1. The Morgan fingerprint density at radius 2 is 2.17 bits per heavy atom. The second kappa shape index (κ2) is 7.75. The molecular formula is C15H23NO2. The van der Waals surface area contributed by atoms with E-state index < -0.39 is 6.10 Å². The van der Waals surface area contributed by atoms with Crippen LogP contribution in [0.15, 0.2) is 24.3 Å². The summed E-state index contributed by atoms with van der Waals surface area (Å²) in [5, 5.41) is 2.89. The Bertz CT molecular complexity index is 377. The van der Waals surface area contributed by atoms with E-state index in [1.165, 1.54) is 0 Å². The smallest absolute Gasteiger partial charge is 0.260 e. The molecule has 0 heterocycles. The molecule has 1 N–H and O–H groups in total. The van der Waals surface area contributed by atoms with Crippen LogP contribution in [0.2, 0.25) is 0 Å². The van der Waals surface area contributed by atoms with Crippen LogP contribution in [0.5, 0.6) is 5.75 Å². The third-order valence-electron chi connectivity index (χ3n) is 2.75. The van der Waals surface area contributed by atoms with Gasteiger partial charge in [0.25, 0.3) is 5.91 Å². The zero-order valence-corrected chi connectivity index (χ0v) is 11.5. The van der Waals surface area contributed by atoms with E-state index in [0.717, 1.165) is 37.1 Å². The van der Waals surface area contributed by atoms with Crippen LogP contribution < -0.4 is 10.1 Å². The first-order valence-electron chi connectivity index (χ1n) is 6.64. The molecule has 0 bridgehead atoms. The minimum Gasteiger partial charge on any atom is -0.481 e. The molecule has 3 nitrogen and oxygen atoms in total. The zero-order chi connectivity index (χ0) is 13.4. The van der Waals surface area contributed by atoms with Gasteiger partial charge in [-0.25, -0.2) is 0 Å². The van der Waals surface area contributed by atoms with Crippen molar-refractivity contribution in [2.24, 2.45) is 0 Å². The van der Waals surface area contributed by atoms with Crippen molar-refractivity contribution in [3.05, 3.63) is 29.8 Å². The fourth-order valence-corrected chi connectivity index (χ4v) is 1.68. The average molecular weight is 249 g/mol. The number of nitrogens with one attached hydrogen (secondary N) is 1. The van der Waals surface area contributed by atoms with Crippen LogP contribution in [0.25, 0.3) is 0 Å². The molecule has 0 radical (unpaired) electrons. The van der Waals surface area contributed by atoms with Crippen LogP contribution in [0.3, 0.4) is 0 Å². The molecule has 0 aromatic heterocycles. The van der Waals surface area contributed by atoms with Crippen molar-refractivity contribution in [3.8, 4) is 5.75 Å². The molecule has 3 heteroatoms. The molecule has 100 valence electrons. The largest absolute Gasteiger partial charge is 0.481 e. The summed E-state index contributed by atoms with van der Waals surface area (Å²) in [5.74, 6) is 0.693. The van der Waals surface area contributed by atoms with Crippen molar-refractivity contribution in [2.75, 3.05) is 6.54 Å². The average Bonchev–Trinajstić information content (AvgIpc) is 2.34. The third-order valence-corrected chi connectivity index (χ3v) is 2.75. The van der Waals surface area contributed by atoms with Crippen LogP contribution in [0.4, 0.5) is 0 Å². The molecule has 18 heavy (non-hydrogen) atoms. The number of rotatable bonds is 7. The summed E-state index contributed by atoms with van der Waals surface area (Å²) in [4.78, 5) is 11.8. The minimum atomic E-state index is -0.451. The van der Waals surface area contributed by atoms with E-state index >= 15 is 0 Å². The number of carbonyl (C=O) groups is 1. The molecule has 1 aromatic carbocycles. The van der Waals surface area contributed by atoms with E-state index in [9.17, 15) is 4.79 Å². The summed E-state index contributed by atoms with van der Waals surface area (Å²) in [6, 6.07) is 7.73. The zero-order valence-electron chi connectivity index (χ0n) is 11.5. The first-order valence-corrected chi connectivity index (χ1v) is 6.64. The van der Waals surface area contributed by atoms with Crippen molar-refractivity contribution in [3.63, 3.8) is 0 Å². The summed E-state index contributed by atoms with van der Waals surface area (Å²) in [7, 11) is 0. The molecular weight excluding hydrogens is 226 g/mol. The van der Waals surface area contributed by atoms with Crippen LogP contribution in [0, 0.1) is 6.92 Å². The van der Waals surface area contributed by atoms with Gasteiger partial charge < -0.3 is 10.1 Å². The lowest BCUT2D eigenvalue weighted by Gasteiger charge is -2.15. The van der Waals surface area contributed by atoms with E-state index in [1.807, 2.05) is 31.2 Å². The fraction of sp³-hybridized carbons (Fsp3) is 0.533. The molecule has 0 aliphatic heterocycles. The molecule has 1 aromatic rings. The van der Waals surface area contributed by atoms with Gasteiger partial charge in [0, 0.05) is 6.54 Å². The highest BCUT2D eigenvalue weighted by molar-refractivity contribution is 5.80. The van der Waals surface area contributed by atoms with Crippen molar-refractivity contribution in [1.82, 2.24) is 5.32 Å². The standard InChI is InChI=1S/C15H23NO2/c1-4-5-6-10-16-15(17)13(3)18-14-9-7-8-12(2)11-14/h7-9,11,13H,4-6,10H2,1-3H3,(H,16,17)/t13-/m1/s1. The van der Waals surface area contributed by atoms with Gasteiger partial charge in [-0.05, 0) is 38.0 Å². The second-order valence-electron chi connectivity index (χ2n) is 4.57. The van der Waals surface area contributed by atoms with Gasteiger partial charge in [-0.2, -0.15) is 0 Å². The van der Waals surface area contributed by atoms with Gasteiger partial charge in [-0.1, -0.05) is 31.9 Å². The lowest BCUT2D eigenvalue weighted by Crippen LogP contribution is -2.36. The molecule has 0 unspecified atom stereocenters. The van der Waals surface area contributed by atoms with E-state index in [0.29, 0.717) is 0 Å². The van der Waals surface area contributed by atoms with Gasteiger partial charge in [0.1, 0.15) is 5.75 Å². The Labute approximate surface area is 110 Å². The number of benzene rings is 1. The lowest BCUT2D eigenvalue weighted by molar-refractivity contribution is -0.127. The van der Waals surface area contributed by atoms with Gasteiger partial charge in [0.2, 0.25) is 0 Å². The summed E-state index contributed by atoms with van der Waals surface area (Å²) < 4.78 is 5.60. The van der Waals surface area contributed by atoms with Crippen molar-refractivity contribution < 1.29 is 9.53 Å². The highest BCUT2D eigenvalue weighted by Crippen LogP contribution is 2.14. The predicted molar refractivity (Wildman–Crippen MR) is 73.8 cm³/mol. The van der Waals surface area contributed by atoms with Gasteiger partial charge in [-0.15, -0.1) is 0 Å². The van der Waals surface area contributed by atoms with Crippen LogP contribution >= 0.6 is 0 Å². The van der Waals surface area contributed by atoms with Crippen molar-refractivity contribution in [2.45, 2.75) is 46.1 Å². The van der Waals surface area contributed by atoms with Gasteiger partial charge in [-0.3, -0.25) is 4.79 Å². The predicted octanol–water partition coefficient (Wildman–Crippen LogP) is 3.07. The number of ether oxygens (including phenoxy) is 1. The Balaban J connectivity index is 2.35. The van der Waals surface area contributed by atoms with Crippen molar-refractivity contribution in [1.29, 1.82) is 0 Å². The SMILES string of the molecule is CCCCCNC(=O)[C@@H](C)Oc1cccc(C)c1. The maximum absolute atomic E-state index is 11.8. The van der Waals surface area contributed by atoms with E-state index in [4.69, 9.17) is 4.74 Å². The molecule has 1 rings (SSSR count). The highest BCUT2D eigenvalue weighted by atomic mass is 16.5. The maximum Gasteiger partial charge on any atom is 0.260 e. The number of carbonyl (C=O) groups excluding carboxylic acids is 1. The third kappa shape index (κ3) is 5.21. The molecule has 0 aliphatic rings. The Kier molecular flexibility index (Phi) is 6.26. The molecule has 0 saturated carbocycles. The van der Waals surface area contributed by atoms with Crippen LogP contribution in [-0.4, -0.2) is 18.6 Å². The number of hydrogen-bond donors (Lipinski definition) is 1. The summed E-state index contributed by atoms with van der Waals surface area (Å²) in [6.45, 7) is 6.65. The summed E-state index contributed by atoms with van der Waals surface area (Å²) >= 11 is 0. The number of aryl methyl sites for hydroxylation is 1. The van der Waals surface area contributed by atoms with Gasteiger partial charge in [0.05, 0.1) is 0 Å². The van der Waals surface area contributed by atoms with Crippen LogP contribution in [-0.2, 0) is 4.79 Å². The topological polar surface area (TPSA) is 38.3 Å². The maximum atomic E-state index is 11.8. The van der Waals surface area contributed by atoms with Crippen LogP contribution in [0.1, 0.15) is 38.7 Å². The number of unbranched alkanes of at least 4 members (excludes halogenated alkanes) is 2. The fourth-order valence-electron chi connectivity index (χ4n) is 1.68. The highest BCUT2D eigenvalue weighted by Gasteiger charge is 2.13. The quantitative estimate of drug-likeness (QED) is 0.754. The van der Waals surface area contributed by atoms with E-state index in [1.54, 1.807) is 6.92 Å². The van der Waals surface area contributed by atoms with E-state index in [2.05, 4.69) is 12.2 Å². The second-order valence-corrected chi connectivity index (χ2v) is 4.57. The Hall–Kier alpha value is -1.51. The Morgan fingerprint density at radius 1 is 1.39 bits per heavy atom. The normalized spacial score (nSPS) is 11.9. The molecule has 0 fully saturated rings. The number of hydrogen-bond acceptors (Lipinski definition) is 2. The summed E-state index contributed by atoms with van der Waals surface area (Å²) in [6.07, 6.45) is 2.88. The van der Waals surface area contributed by atoms with Gasteiger partial charge >= 0.3 is 0 Å². The molecule has 0 saturated heterocycles. The first-order chi connectivity index (χ1) is 8.63. The molecule has 0 spiro atoms.